The van der Waals surface area contributed by atoms with Crippen LogP contribution in [0.1, 0.15) is 44.0 Å². The molecule has 168 valence electrons. The molecule has 0 atom stereocenters. The normalized spacial score (nSPS) is 15.0. The van der Waals surface area contributed by atoms with Gasteiger partial charge in [0.1, 0.15) is 5.60 Å². The highest BCUT2D eigenvalue weighted by Gasteiger charge is 2.27. The van der Waals surface area contributed by atoms with Crippen LogP contribution in [-0.2, 0) is 16.1 Å². The summed E-state index contributed by atoms with van der Waals surface area (Å²) in [6.45, 7) is 6.64. The molecule has 1 saturated heterocycles. The Morgan fingerprint density at radius 3 is 2.56 bits per heavy atom. The Hall–Kier alpha value is -3.56. The fraction of sp³-hybridized carbons (Fsp3) is 0.455. The zero-order chi connectivity index (χ0) is 22.7. The van der Waals surface area contributed by atoms with Crippen molar-refractivity contribution in [2.75, 3.05) is 18.0 Å². The molecule has 0 saturated carbocycles. The summed E-state index contributed by atoms with van der Waals surface area (Å²) in [6.07, 6.45) is 1.50. The summed E-state index contributed by atoms with van der Waals surface area (Å²) in [5, 5.41) is 16.1. The minimum atomic E-state index is -0.584. The summed E-state index contributed by atoms with van der Waals surface area (Å²) in [5.74, 6) is 1.01. The van der Waals surface area contributed by atoms with Crippen LogP contribution in [0, 0.1) is 5.92 Å². The second-order valence-corrected chi connectivity index (χ2v) is 8.77. The van der Waals surface area contributed by atoms with Crippen molar-refractivity contribution >= 4 is 17.6 Å². The number of hydrogen-bond donors (Lipinski definition) is 0. The Balaban J connectivity index is 1.34. The minimum Gasteiger partial charge on any atom is -0.459 e. The molecule has 1 aromatic carbocycles. The lowest BCUT2D eigenvalue weighted by molar-refractivity contribution is -0.156. The van der Waals surface area contributed by atoms with Gasteiger partial charge in [0.25, 0.3) is 0 Å². The van der Waals surface area contributed by atoms with Gasteiger partial charge in [0.15, 0.2) is 18.1 Å². The van der Waals surface area contributed by atoms with Gasteiger partial charge in [-0.1, -0.05) is 35.5 Å². The third-order valence-corrected chi connectivity index (χ3v) is 5.11. The molecule has 0 unspecified atom stereocenters. The molecule has 0 spiro atoms. The molecule has 1 aliphatic heterocycles. The first-order valence-corrected chi connectivity index (χ1v) is 10.6. The van der Waals surface area contributed by atoms with Crippen LogP contribution in [0.2, 0.25) is 0 Å². The van der Waals surface area contributed by atoms with Gasteiger partial charge in [-0.2, -0.15) is 4.80 Å². The monoisotopic (exact) mass is 438 g/mol. The highest BCUT2D eigenvalue weighted by atomic mass is 16.6. The molecular weight excluding hydrogens is 412 g/mol. The molecule has 0 radical (unpaired) electrons. The van der Waals surface area contributed by atoms with Gasteiger partial charge in [0, 0.05) is 30.6 Å². The molecule has 3 heterocycles. The molecule has 0 bridgehead atoms. The number of anilines is 1. The zero-order valence-corrected chi connectivity index (χ0v) is 18.4. The van der Waals surface area contributed by atoms with E-state index in [4.69, 9.17) is 9.26 Å². The number of hydrogen-bond acceptors (Lipinski definition) is 9. The van der Waals surface area contributed by atoms with Crippen LogP contribution in [0.15, 0.2) is 40.9 Å². The van der Waals surface area contributed by atoms with Gasteiger partial charge in [-0.25, -0.2) is 4.79 Å². The maximum Gasteiger partial charge on any atom is 0.330 e. The minimum absolute atomic E-state index is 0.00874. The highest BCUT2D eigenvalue weighted by molar-refractivity contribution is 5.97. The number of benzene rings is 1. The van der Waals surface area contributed by atoms with E-state index in [1.807, 2.05) is 30.3 Å². The molecule has 1 fully saturated rings. The molecule has 10 heteroatoms. The van der Waals surface area contributed by atoms with E-state index in [0.29, 0.717) is 24.7 Å². The SMILES string of the molecule is CC(C)(C)OC(=O)Cn1nnc(-c2cc(N3CCC(C(=O)c4ccccc4)CC3)no2)n1. The Morgan fingerprint density at radius 2 is 1.88 bits per heavy atom. The van der Waals surface area contributed by atoms with E-state index in [9.17, 15) is 9.59 Å². The van der Waals surface area contributed by atoms with Gasteiger partial charge in [-0.15, -0.1) is 10.2 Å². The topological polar surface area (TPSA) is 116 Å². The predicted molar refractivity (Wildman–Crippen MR) is 115 cm³/mol. The first kappa shape index (κ1) is 21.7. The van der Waals surface area contributed by atoms with Crippen molar-refractivity contribution in [2.24, 2.45) is 5.92 Å². The molecular formula is C22H26N6O4. The second kappa shape index (κ2) is 8.89. The molecule has 10 nitrogen and oxygen atoms in total. The van der Waals surface area contributed by atoms with E-state index in [0.717, 1.165) is 23.2 Å². The van der Waals surface area contributed by atoms with Crippen molar-refractivity contribution in [3.05, 3.63) is 42.0 Å². The maximum absolute atomic E-state index is 12.7. The number of carbonyl (C=O) groups is 2. The molecule has 0 amide bonds. The van der Waals surface area contributed by atoms with Crippen LogP contribution < -0.4 is 4.90 Å². The van der Waals surface area contributed by atoms with Crippen LogP contribution in [-0.4, -0.2) is 55.8 Å². The van der Waals surface area contributed by atoms with Gasteiger partial charge >= 0.3 is 5.97 Å². The molecule has 4 rings (SSSR count). The van der Waals surface area contributed by atoms with Crippen LogP contribution >= 0.6 is 0 Å². The number of tetrazole rings is 1. The highest BCUT2D eigenvalue weighted by Crippen LogP contribution is 2.27. The Morgan fingerprint density at radius 1 is 1.16 bits per heavy atom. The van der Waals surface area contributed by atoms with Crippen molar-refractivity contribution in [3.8, 4) is 11.6 Å². The molecule has 1 aliphatic rings. The van der Waals surface area contributed by atoms with Crippen molar-refractivity contribution < 1.29 is 18.8 Å². The number of nitrogens with zero attached hydrogens (tertiary/aromatic N) is 6. The van der Waals surface area contributed by atoms with Gasteiger partial charge in [-0.05, 0) is 38.8 Å². The molecule has 0 aliphatic carbocycles. The third kappa shape index (κ3) is 5.19. The second-order valence-electron chi connectivity index (χ2n) is 8.77. The van der Waals surface area contributed by atoms with Crippen molar-refractivity contribution in [1.82, 2.24) is 25.4 Å². The van der Waals surface area contributed by atoms with E-state index in [-0.39, 0.29) is 24.1 Å². The number of esters is 1. The Kier molecular flexibility index (Phi) is 6.02. The van der Waals surface area contributed by atoms with E-state index in [1.54, 1.807) is 26.8 Å². The van der Waals surface area contributed by atoms with Crippen molar-refractivity contribution in [1.29, 1.82) is 0 Å². The Labute approximate surface area is 185 Å². The maximum atomic E-state index is 12.7. The number of ketones is 1. The number of piperidine rings is 1. The van der Waals surface area contributed by atoms with E-state index in [1.165, 1.54) is 0 Å². The van der Waals surface area contributed by atoms with Gasteiger partial charge in [0.05, 0.1) is 0 Å². The van der Waals surface area contributed by atoms with Gasteiger partial charge in [-0.3, -0.25) is 4.79 Å². The zero-order valence-electron chi connectivity index (χ0n) is 18.4. The summed E-state index contributed by atoms with van der Waals surface area (Å²) >= 11 is 0. The van der Waals surface area contributed by atoms with E-state index < -0.39 is 11.6 Å². The summed E-state index contributed by atoms with van der Waals surface area (Å²) in [5.41, 5.74) is 0.176. The number of ether oxygens (including phenoxy) is 1. The van der Waals surface area contributed by atoms with Crippen LogP contribution in [0.3, 0.4) is 0 Å². The average molecular weight is 438 g/mol. The van der Waals surface area contributed by atoms with Crippen molar-refractivity contribution in [3.63, 3.8) is 0 Å². The van der Waals surface area contributed by atoms with Gasteiger partial charge < -0.3 is 14.2 Å². The number of carbonyl (C=O) groups excluding carboxylic acids is 2. The molecule has 2 aromatic heterocycles. The summed E-state index contributed by atoms with van der Waals surface area (Å²) in [6, 6.07) is 11.2. The van der Waals surface area contributed by atoms with Crippen LogP contribution in [0.5, 0.6) is 0 Å². The predicted octanol–water partition coefficient (Wildman–Crippen LogP) is 2.77. The molecule has 0 N–H and O–H groups in total. The lowest BCUT2D eigenvalue weighted by atomic mass is 9.89. The average Bonchev–Trinajstić information content (AvgIpc) is 3.42. The summed E-state index contributed by atoms with van der Waals surface area (Å²) in [4.78, 5) is 27.8. The first-order valence-electron chi connectivity index (χ1n) is 10.6. The molecule has 3 aromatic rings. The summed E-state index contributed by atoms with van der Waals surface area (Å²) < 4.78 is 10.7. The fourth-order valence-electron chi connectivity index (χ4n) is 3.63. The van der Waals surface area contributed by atoms with Gasteiger partial charge in [0.2, 0.25) is 11.6 Å². The quantitative estimate of drug-likeness (QED) is 0.423. The number of Topliss-reactive ketones (excluding diaryl/α,β-unsaturated/α-hetero) is 1. The van der Waals surface area contributed by atoms with Crippen LogP contribution in [0.25, 0.3) is 11.6 Å². The number of aromatic nitrogens is 5. The number of rotatable bonds is 6. The summed E-state index contributed by atoms with van der Waals surface area (Å²) in [7, 11) is 0. The lowest BCUT2D eigenvalue weighted by Gasteiger charge is -2.30. The fourth-order valence-corrected chi connectivity index (χ4v) is 3.63. The largest absolute Gasteiger partial charge is 0.459 e. The Bertz CT molecular complexity index is 1080. The van der Waals surface area contributed by atoms with E-state index in [2.05, 4.69) is 25.5 Å². The lowest BCUT2D eigenvalue weighted by Crippen LogP contribution is -2.36. The smallest absolute Gasteiger partial charge is 0.330 e. The molecule has 32 heavy (non-hydrogen) atoms. The third-order valence-electron chi connectivity index (χ3n) is 5.11. The standard InChI is InChI=1S/C22H26N6O4/c1-22(2,3)31-19(29)14-28-24-21(23-26-28)17-13-18(25-32-17)27-11-9-16(10-12-27)20(30)15-7-5-4-6-8-15/h4-8,13,16H,9-12,14H2,1-3H3. The van der Waals surface area contributed by atoms with Crippen molar-refractivity contribution in [2.45, 2.75) is 45.8 Å². The first-order chi connectivity index (χ1) is 15.3. The van der Waals surface area contributed by atoms with Crippen LogP contribution in [0.4, 0.5) is 5.82 Å². The van der Waals surface area contributed by atoms with E-state index >= 15 is 0 Å².